The van der Waals surface area contributed by atoms with Crippen molar-refractivity contribution in [2.75, 3.05) is 19.5 Å². The number of fused-ring (bicyclic) bond motifs is 1. The first kappa shape index (κ1) is 15.4. The number of nitrogens with one attached hydrogen (secondary N) is 1. The molecule has 5 nitrogen and oxygen atoms in total. The van der Waals surface area contributed by atoms with Crippen LogP contribution in [0.15, 0.2) is 41.4 Å². The van der Waals surface area contributed by atoms with E-state index >= 15 is 0 Å². The highest BCUT2D eigenvalue weighted by Crippen LogP contribution is 2.34. The van der Waals surface area contributed by atoms with Crippen molar-refractivity contribution in [2.45, 2.75) is 5.92 Å². The van der Waals surface area contributed by atoms with E-state index in [1.165, 1.54) is 0 Å². The minimum absolute atomic E-state index is 0.124. The maximum atomic E-state index is 12.1. The van der Waals surface area contributed by atoms with Crippen molar-refractivity contribution in [3.63, 3.8) is 0 Å². The maximum absolute atomic E-state index is 12.1. The molecule has 23 heavy (non-hydrogen) atoms. The van der Waals surface area contributed by atoms with Crippen molar-refractivity contribution in [3.05, 3.63) is 47.0 Å². The molecule has 0 radical (unpaired) electrons. The lowest BCUT2D eigenvalue weighted by Crippen LogP contribution is -2.12. The lowest BCUT2D eigenvalue weighted by molar-refractivity contribution is -0.115. The number of carbonyl (C=O) groups is 1. The summed E-state index contributed by atoms with van der Waals surface area (Å²) in [6, 6.07) is 10.6. The van der Waals surface area contributed by atoms with Gasteiger partial charge in [0, 0.05) is 35.1 Å². The Morgan fingerprint density at radius 1 is 1.13 bits per heavy atom. The van der Waals surface area contributed by atoms with E-state index in [-0.39, 0.29) is 5.91 Å². The summed E-state index contributed by atoms with van der Waals surface area (Å²) in [6.45, 7) is 0. The number of ether oxygens (including phenoxy) is 2. The fourth-order valence-corrected chi connectivity index (χ4v) is 2.61. The first-order chi connectivity index (χ1) is 11.1. The maximum Gasteiger partial charge on any atom is 0.237 e. The van der Waals surface area contributed by atoms with Crippen molar-refractivity contribution in [1.29, 1.82) is 0 Å². The van der Waals surface area contributed by atoms with Gasteiger partial charge in [0.05, 0.1) is 19.9 Å². The van der Waals surface area contributed by atoms with Crippen LogP contribution in [-0.4, -0.2) is 26.3 Å². The molecule has 2 aromatic carbocycles. The monoisotopic (exact) mass is 330 g/mol. The van der Waals surface area contributed by atoms with Crippen LogP contribution in [0.1, 0.15) is 11.5 Å². The number of methoxy groups -OCH3 is 2. The summed E-state index contributed by atoms with van der Waals surface area (Å²) in [6.07, 6.45) is 1.60. The number of nitrogens with zero attached hydrogens (tertiary/aromatic N) is 1. The molecule has 1 aliphatic rings. The third kappa shape index (κ3) is 3.14. The Morgan fingerprint density at radius 2 is 1.83 bits per heavy atom. The van der Waals surface area contributed by atoms with E-state index in [0.29, 0.717) is 22.2 Å². The second-order valence-electron chi connectivity index (χ2n) is 5.05. The quantitative estimate of drug-likeness (QED) is 0.867. The molecule has 0 aliphatic carbocycles. The zero-order valence-corrected chi connectivity index (χ0v) is 13.4. The van der Waals surface area contributed by atoms with Gasteiger partial charge in [-0.25, -0.2) is 0 Å². The summed E-state index contributed by atoms with van der Waals surface area (Å²) in [5.74, 6) is 0.674. The average molecular weight is 331 g/mol. The molecule has 0 saturated carbocycles. The molecule has 1 amide bonds. The molecule has 6 heteroatoms. The molecule has 1 unspecified atom stereocenters. The minimum atomic E-state index is -0.471. The first-order valence-electron chi connectivity index (χ1n) is 6.98. The van der Waals surface area contributed by atoms with Crippen LogP contribution < -0.4 is 14.8 Å². The lowest BCUT2D eigenvalue weighted by atomic mass is 10.0. The van der Waals surface area contributed by atoms with Gasteiger partial charge in [0.25, 0.3) is 0 Å². The molecule has 0 saturated heterocycles. The lowest BCUT2D eigenvalue weighted by Gasteiger charge is -2.06. The van der Waals surface area contributed by atoms with Gasteiger partial charge in [0.1, 0.15) is 17.4 Å². The number of carbonyl (C=O) groups excluding carboxylic acids is 1. The normalized spacial score (nSPS) is 16.3. The highest BCUT2D eigenvalue weighted by atomic mass is 35.5. The van der Waals surface area contributed by atoms with Crippen LogP contribution in [-0.2, 0) is 4.79 Å². The van der Waals surface area contributed by atoms with Gasteiger partial charge in [-0.2, -0.15) is 0 Å². The summed E-state index contributed by atoms with van der Waals surface area (Å²) in [5, 5.41) is 3.40. The van der Waals surface area contributed by atoms with E-state index in [4.69, 9.17) is 21.1 Å². The Morgan fingerprint density at radius 3 is 2.48 bits per heavy atom. The van der Waals surface area contributed by atoms with Crippen LogP contribution in [0.2, 0.25) is 5.02 Å². The van der Waals surface area contributed by atoms with E-state index in [1.54, 1.807) is 56.8 Å². The summed E-state index contributed by atoms with van der Waals surface area (Å²) >= 11 is 6.02. The highest BCUT2D eigenvalue weighted by Gasteiger charge is 2.29. The molecular weight excluding hydrogens is 316 g/mol. The van der Waals surface area contributed by atoms with Gasteiger partial charge in [-0.15, -0.1) is 0 Å². The molecule has 1 aliphatic heterocycles. The highest BCUT2D eigenvalue weighted by molar-refractivity contribution is 6.31. The number of halogens is 1. The van der Waals surface area contributed by atoms with Crippen molar-refractivity contribution >= 4 is 35.1 Å². The summed E-state index contributed by atoms with van der Waals surface area (Å²) in [4.78, 5) is 16.5. The predicted octanol–water partition coefficient (Wildman–Crippen LogP) is 3.80. The number of benzene rings is 2. The Bertz CT molecular complexity index is 767. The second kappa shape index (κ2) is 6.30. The number of anilines is 1. The third-order valence-electron chi connectivity index (χ3n) is 3.60. The van der Waals surface area contributed by atoms with Crippen LogP contribution in [0.5, 0.6) is 11.5 Å². The summed E-state index contributed by atoms with van der Waals surface area (Å²) in [7, 11) is 3.15. The first-order valence-corrected chi connectivity index (χ1v) is 7.36. The van der Waals surface area contributed by atoms with Crippen LogP contribution in [0, 0.1) is 0 Å². The van der Waals surface area contributed by atoms with Crippen molar-refractivity contribution < 1.29 is 14.3 Å². The zero-order valence-electron chi connectivity index (χ0n) is 12.7. The number of hydrogen-bond donors (Lipinski definition) is 1. The summed E-state index contributed by atoms with van der Waals surface area (Å²) < 4.78 is 10.4. The van der Waals surface area contributed by atoms with Gasteiger partial charge in [0.2, 0.25) is 5.91 Å². The van der Waals surface area contributed by atoms with Gasteiger partial charge < -0.3 is 14.8 Å². The van der Waals surface area contributed by atoms with Gasteiger partial charge in [-0.3, -0.25) is 9.79 Å². The number of amides is 1. The summed E-state index contributed by atoms with van der Waals surface area (Å²) in [5.41, 5.74) is 2.23. The van der Waals surface area contributed by atoms with Gasteiger partial charge >= 0.3 is 0 Å². The van der Waals surface area contributed by atoms with Crippen molar-refractivity contribution in [2.24, 2.45) is 4.99 Å². The molecule has 1 N–H and O–H groups in total. The third-order valence-corrected chi connectivity index (χ3v) is 3.83. The molecule has 0 aromatic heterocycles. The minimum Gasteiger partial charge on any atom is -0.497 e. The molecule has 118 valence electrons. The van der Waals surface area contributed by atoms with E-state index in [9.17, 15) is 4.79 Å². The molecule has 1 atom stereocenters. The van der Waals surface area contributed by atoms with Crippen LogP contribution in [0.3, 0.4) is 0 Å². The average Bonchev–Trinajstić information content (AvgIpc) is 2.87. The van der Waals surface area contributed by atoms with Gasteiger partial charge in [-0.1, -0.05) is 11.6 Å². The molecule has 1 heterocycles. The van der Waals surface area contributed by atoms with E-state index in [0.717, 1.165) is 11.3 Å². The number of aliphatic imine (C=N–C) groups is 1. The molecule has 0 spiro atoms. The predicted molar refractivity (Wildman–Crippen MR) is 90.5 cm³/mol. The molecule has 0 fully saturated rings. The van der Waals surface area contributed by atoms with E-state index < -0.39 is 5.92 Å². The van der Waals surface area contributed by atoms with E-state index in [2.05, 4.69) is 10.3 Å². The molecular formula is C17H15ClN2O3. The molecule has 0 bridgehead atoms. The van der Waals surface area contributed by atoms with Gasteiger partial charge in [0.15, 0.2) is 0 Å². The molecule has 3 rings (SSSR count). The second-order valence-corrected chi connectivity index (χ2v) is 5.48. The Labute approximate surface area is 138 Å². The van der Waals surface area contributed by atoms with Crippen LogP contribution in [0.4, 0.5) is 11.4 Å². The van der Waals surface area contributed by atoms with Gasteiger partial charge in [-0.05, 0) is 23.8 Å². The van der Waals surface area contributed by atoms with Crippen molar-refractivity contribution in [1.82, 2.24) is 0 Å². The Hall–Kier alpha value is -2.53. The Balaban J connectivity index is 1.92. The standard InChI is InChI=1S/C17H15ClN2O3/c1-22-12-6-11(7-13(8-12)23-2)19-9-15-14-5-10(18)3-4-16(14)20-17(15)21/h3-9,15H,1-2H3,(H,20,21). The largest absolute Gasteiger partial charge is 0.497 e. The van der Waals surface area contributed by atoms with Crippen LogP contribution >= 0.6 is 11.6 Å². The van der Waals surface area contributed by atoms with Crippen molar-refractivity contribution in [3.8, 4) is 11.5 Å². The molecule has 2 aromatic rings. The zero-order chi connectivity index (χ0) is 16.4. The number of hydrogen-bond acceptors (Lipinski definition) is 4. The Kier molecular flexibility index (Phi) is 4.21. The SMILES string of the molecule is COc1cc(N=CC2C(=O)Nc3ccc(Cl)cc32)cc(OC)c1. The number of rotatable bonds is 4. The fraction of sp³-hybridized carbons (Fsp3) is 0.176. The fourth-order valence-electron chi connectivity index (χ4n) is 2.43. The topological polar surface area (TPSA) is 59.9 Å². The smallest absolute Gasteiger partial charge is 0.237 e. The van der Waals surface area contributed by atoms with Crippen LogP contribution in [0.25, 0.3) is 0 Å². The van der Waals surface area contributed by atoms with E-state index in [1.807, 2.05) is 0 Å².